The summed E-state index contributed by atoms with van der Waals surface area (Å²) in [5.74, 6) is -0.358. The van der Waals surface area contributed by atoms with Crippen molar-refractivity contribution in [1.82, 2.24) is 0 Å². The van der Waals surface area contributed by atoms with Crippen LogP contribution < -0.4 is 0 Å². The molecular formula is C19H22NO4+. The number of carbonyl (C=O) groups excluding carboxylic acids is 2. The minimum Gasteiger partial charge on any atom is -0.504 e. The summed E-state index contributed by atoms with van der Waals surface area (Å²) in [7, 11) is 3.36. The van der Waals surface area contributed by atoms with Crippen LogP contribution in [0.15, 0.2) is 47.0 Å². The Kier molecular flexibility index (Phi) is 4.03. The maximum Gasteiger partial charge on any atom is 0.220 e. The van der Waals surface area contributed by atoms with E-state index >= 15 is 0 Å². The van der Waals surface area contributed by atoms with E-state index < -0.39 is 11.2 Å². The van der Waals surface area contributed by atoms with Crippen LogP contribution >= 0.6 is 0 Å². The van der Waals surface area contributed by atoms with Gasteiger partial charge < -0.3 is 9.84 Å². The van der Waals surface area contributed by atoms with Crippen LogP contribution in [-0.2, 0) is 14.3 Å². The fraction of sp³-hybridized carbons (Fsp3) is 0.421. The van der Waals surface area contributed by atoms with E-state index in [2.05, 4.69) is 6.72 Å². The van der Waals surface area contributed by atoms with Crippen LogP contribution in [0.1, 0.15) is 19.3 Å². The SMILES string of the molecule is C=[N+](C)CCC12CC(=O)C(OC)=CC1CC=C1C=CC(=O)C(O)=C12. The van der Waals surface area contributed by atoms with Crippen LogP contribution in [0, 0.1) is 11.3 Å². The number of ketones is 2. The number of aliphatic hydroxyl groups excluding tert-OH is 1. The number of carbonyl (C=O) groups is 2. The number of Topliss-reactive ketones (excluding diaryl/α,β-unsaturated/α-hetero) is 1. The number of methoxy groups -OCH3 is 1. The quantitative estimate of drug-likeness (QED) is 0.634. The highest BCUT2D eigenvalue weighted by molar-refractivity contribution is 6.06. The molecule has 1 N–H and O–H groups in total. The molecule has 0 aliphatic heterocycles. The van der Waals surface area contributed by atoms with Crippen molar-refractivity contribution in [2.24, 2.45) is 11.3 Å². The van der Waals surface area contributed by atoms with Crippen LogP contribution in [0.5, 0.6) is 0 Å². The number of aliphatic hydroxyl groups is 1. The van der Waals surface area contributed by atoms with E-state index in [-0.39, 0.29) is 23.9 Å². The molecule has 5 nitrogen and oxygen atoms in total. The third kappa shape index (κ3) is 2.44. The molecule has 3 aliphatic carbocycles. The number of nitrogens with zero attached hydrogens (tertiary/aromatic N) is 1. The fourth-order valence-corrected chi connectivity index (χ4v) is 4.01. The molecule has 0 saturated carbocycles. The van der Waals surface area contributed by atoms with Gasteiger partial charge in [0.05, 0.1) is 7.11 Å². The third-order valence-corrected chi connectivity index (χ3v) is 5.24. The van der Waals surface area contributed by atoms with Crippen LogP contribution in [0.2, 0.25) is 0 Å². The van der Waals surface area contributed by atoms with Gasteiger partial charge in [0.1, 0.15) is 20.3 Å². The Morgan fingerprint density at radius 3 is 2.83 bits per heavy atom. The van der Waals surface area contributed by atoms with Gasteiger partial charge in [-0.1, -0.05) is 12.2 Å². The lowest BCUT2D eigenvalue weighted by molar-refractivity contribution is -0.491. The molecule has 0 saturated heterocycles. The molecule has 3 aliphatic rings. The summed E-state index contributed by atoms with van der Waals surface area (Å²) in [6, 6.07) is 0. The fourth-order valence-electron chi connectivity index (χ4n) is 4.01. The average Bonchev–Trinajstić information content (AvgIpc) is 2.55. The molecule has 5 heteroatoms. The zero-order valence-electron chi connectivity index (χ0n) is 14.0. The molecule has 0 fully saturated rings. The summed E-state index contributed by atoms with van der Waals surface area (Å²) in [4.78, 5) is 24.6. The van der Waals surface area contributed by atoms with Gasteiger partial charge in [0.25, 0.3) is 0 Å². The van der Waals surface area contributed by atoms with Gasteiger partial charge in [0.2, 0.25) is 5.78 Å². The van der Waals surface area contributed by atoms with E-state index in [0.717, 1.165) is 12.0 Å². The van der Waals surface area contributed by atoms with Gasteiger partial charge in [-0.15, -0.1) is 0 Å². The lowest BCUT2D eigenvalue weighted by atomic mass is 9.56. The smallest absolute Gasteiger partial charge is 0.220 e. The lowest BCUT2D eigenvalue weighted by Crippen LogP contribution is -2.43. The largest absolute Gasteiger partial charge is 0.504 e. The number of rotatable bonds is 4. The Hall–Kier alpha value is -2.43. The van der Waals surface area contributed by atoms with Crippen molar-refractivity contribution in [1.29, 1.82) is 0 Å². The minimum atomic E-state index is -0.598. The monoisotopic (exact) mass is 328 g/mol. The Bertz CT molecular complexity index is 753. The highest BCUT2D eigenvalue weighted by Crippen LogP contribution is 2.55. The highest BCUT2D eigenvalue weighted by Gasteiger charge is 2.51. The van der Waals surface area contributed by atoms with Crippen molar-refractivity contribution < 1.29 is 24.0 Å². The molecular weight excluding hydrogens is 306 g/mol. The molecule has 0 aromatic carbocycles. The van der Waals surface area contributed by atoms with Gasteiger partial charge in [0, 0.05) is 23.8 Å². The van der Waals surface area contributed by atoms with Crippen molar-refractivity contribution in [3.8, 4) is 0 Å². The molecule has 2 atom stereocenters. The Morgan fingerprint density at radius 1 is 1.42 bits per heavy atom. The topological polar surface area (TPSA) is 66.6 Å². The Labute approximate surface area is 141 Å². The molecule has 0 radical (unpaired) electrons. The normalized spacial score (nSPS) is 28.8. The molecule has 0 amide bonds. The van der Waals surface area contributed by atoms with Gasteiger partial charge in [-0.3, -0.25) is 9.59 Å². The highest BCUT2D eigenvalue weighted by atomic mass is 16.5. The van der Waals surface area contributed by atoms with Gasteiger partial charge in [-0.25, -0.2) is 4.58 Å². The molecule has 0 aromatic rings. The number of ether oxygens (including phenoxy) is 1. The maximum absolute atomic E-state index is 12.5. The average molecular weight is 328 g/mol. The van der Waals surface area contributed by atoms with E-state index in [1.54, 1.807) is 6.08 Å². The van der Waals surface area contributed by atoms with Crippen LogP contribution in [-0.4, -0.2) is 48.7 Å². The Morgan fingerprint density at radius 2 is 2.17 bits per heavy atom. The predicted octanol–water partition coefficient (Wildman–Crippen LogP) is 2.11. The summed E-state index contributed by atoms with van der Waals surface area (Å²) in [6.07, 6.45) is 8.59. The van der Waals surface area contributed by atoms with Gasteiger partial charge in [-0.05, 0) is 30.1 Å². The maximum atomic E-state index is 12.5. The van der Waals surface area contributed by atoms with E-state index in [4.69, 9.17) is 4.74 Å². The minimum absolute atomic E-state index is 0.00491. The lowest BCUT2D eigenvalue weighted by Gasteiger charge is -2.46. The second-order valence-electron chi connectivity index (χ2n) is 6.74. The molecule has 0 heterocycles. The second-order valence-corrected chi connectivity index (χ2v) is 6.74. The summed E-state index contributed by atoms with van der Waals surface area (Å²) in [5, 5.41) is 10.5. The number of allylic oxidation sites excluding steroid dienone is 7. The molecule has 24 heavy (non-hydrogen) atoms. The molecule has 0 bridgehead atoms. The van der Waals surface area contributed by atoms with E-state index in [0.29, 0.717) is 24.3 Å². The van der Waals surface area contributed by atoms with Crippen LogP contribution in [0.4, 0.5) is 0 Å². The zero-order valence-corrected chi connectivity index (χ0v) is 14.0. The summed E-state index contributed by atoms with van der Waals surface area (Å²) < 4.78 is 7.02. The van der Waals surface area contributed by atoms with Gasteiger partial charge >= 0.3 is 0 Å². The van der Waals surface area contributed by atoms with Crippen molar-refractivity contribution in [2.75, 3.05) is 20.7 Å². The number of hydrogen-bond donors (Lipinski definition) is 1. The van der Waals surface area contributed by atoms with E-state index in [9.17, 15) is 14.7 Å². The molecule has 2 unspecified atom stereocenters. The second kappa shape index (κ2) is 5.89. The molecule has 0 spiro atoms. The summed E-state index contributed by atoms with van der Waals surface area (Å²) in [5.41, 5.74) is 0.851. The van der Waals surface area contributed by atoms with E-state index in [1.807, 2.05) is 23.8 Å². The van der Waals surface area contributed by atoms with Crippen molar-refractivity contribution in [3.05, 3.63) is 47.0 Å². The molecule has 126 valence electrons. The van der Waals surface area contributed by atoms with E-state index in [1.165, 1.54) is 13.2 Å². The van der Waals surface area contributed by atoms with Crippen molar-refractivity contribution in [3.63, 3.8) is 0 Å². The van der Waals surface area contributed by atoms with Crippen LogP contribution in [0.3, 0.4) is 0 Å². The third-order valence-electron chi connectivity index (χ3n) is 5.24. The first-order valence-electron chi connectivity index (χ1n) is 8.06. The van der Waals surface area contributed by atoms with Crippen LogP contribution in [0.25, 0.3) is 0 Å². The van der Waals surface area contributed by atoms with Gasteiger partial charge in [-0.2, -0.15) is 0 Å². The van der Waals surface area contributed by atoms with Crippen molar-refractivity contribution in [2.45, 2.75) is 19.3 Å². The molecule has 0 aromatic heterocycles. The number of fused-ring (bicyclic) bond motifs is 3. The summed E-state index contributed by atoms with van der Waals surface area (Å²) >= 11 is 0. The predicted molar refractivity (Wildman–Crippen MR) is 89.9 cm³/mol. The van der Waals surface area contributed by atoms with Crippen molar-refractivity contribution >= 4 is 18.3 Å². The summed E-state index contributed by atoms with van der Waals surface area (Å²) in [6.45, 7) is 4.53. The Balaban J connectivity index is 2.17. The molecule has 3 rings (SSSR count). The first kappa shape index (κ1) is 16.4. The first-order chi connectivity index (χ1) is 11.4. The van der Waals surface area contributed by atoms with Gasteiger partial charge in [0.15, 0.2) is 17.3 Å². The standard InChI is InChI=1S/C19H21NO4/c1-20(2)9-8-19-11-15(22)16(24-3)10-13(19)6-4-12-5-7-14(21)18(23)17(12)19/h4-5,7,10,13H,1,6,8-9,11H2,2-3H3/p+1. The first-order valence-corrected chi connectivity index (χ1v) is 8.06. The number of hydrogen-bond acceptors (Lipinski definition) is 4. The zero-order chi connectivity index (χ0) is 17.5.